The highest BCUT2D eigenvalue weighted by Crippen LogP contribution is 2.41. The summed E-state index contributed by atoms with van der Waals surface area (Å²) in [7, 11) is 0. The third-order valence-electron chi connectivity index (χ3n) is 6.20. The molecule has 0 N–H and O–H groups in total. The third-order valence-corrected chi connectivity index (χ3v) is 6.20. The summed E-state index contributed by atoms with van der Waals surface area (Å²) in [4.78, 5) is 29.1. The molecule has 2 heterocycles. The number of hydrogen-bond donors (Lipinski definition) is 0. The van der Waals surface area contributed by atoms with Crippen LogP contribution in [0.1, 0.15) is 52.7 Å². The highest BCUT2D eigenvalue weighted by molar-refractivity contribution is 5.99. The molecule has 0 bridgehead atoms. The smallest absolute Gasteiger partial charge is 0.291 e. The van der Waals surface area contributed by atoms with Gasteiger partial charge in [-0.3, -0.25) is 9.59 Å². The van der Waals surface area contributed by atoms with Gasteiger partial charge in [-0.2, -0.15) is 0 Å². The molecule has 6 nitrogen and oxygen atoms in total. The average Bonchev–Trinajstić information content (AvgIpc) is 3.13. The summed E-state index contributed by atoms with van der Waals surface area (Å²) in [5.74, 6) is 0.992. The maximum absolute atomic E-state index is 13.8. The van der Waals surface area contributed by atoms with Crippen LogP contribution in [0.5, 0.6) is 11.5 Å². The maximum atomic E-state index is 13.8. The second-order valence-electron chi connectivity index (χ2n) is 8.57. The molecule has 1 amide bonds. The molecule has 1 unspecified atom stereocenters. The highest BCUT2D eigenvalue weighted by atomic mass is 16.5. The molecular formula is C29H27NO5. The molecule has 5 rings (SSSR count). The summed E-state index contributed by atoms with van der Waals surface area (Å²) >= 11 is 0. The minimum absolute atomic E-state index is 0.0964. The van der Waals surface area contributed by atoms with E-state index < -0.39 is 6.04 Å². The van der Waals surface area contributed by atoms with Crippen molar-refractivity contribution < 1.29 is 18.7 Å². The Morgan fingerprint density at radius 2 is 1.63 bits per heavy atom. The van der Waals surface area contributed by atoms with Crippen molar-refractivity contribution in [1.29, 1.82) is 0 Å². The van der Waals surface area contributed by atoms with Gasteiger partial charge in [0.25, 0.3) is 5.91 Å². The van der Waals surface area contributed by atoms with Gasteiger partial charge in [0.1, 0.15) is 5.58 Å². The fraction of sp³-hybridized carbons (Fsp3) is 0.241. The first-order valence-corrected chi connectivity index (χ1v) is 11.8. The number of carbonyl (C=O) groups is 1. The zero-order valence-corrected chi connectivity index (χ0v) is 20.0. The second-order valence-corrected chi connectivity index (χ2v) is 8.57. The summed E-state index contributed by atoms with van der Waals surface area (Å²) in [5.41, 5.74) is 3.25. The van der Waals surface area contributed by atoms with Gasteiger partial charge in [0.05, 0.1) is 30.2 Å². The van der Waals surface area contributed by atoms with Crippen molar-refractivity contribution >= 4 is 16.9 Å². The van der Waals surface area contributed by atoms with Gasteiger partial charge >= 0.3 is 0 Å². The summed E-state index contributed by atoms with van der Waals surface area (Å²) < 4.78 is 17.6. The van der Waals surface area contributed by atoms with Crippen molar-refractivity contribution in [3.05, 3.63) is 105 Å². The number of hydrogen-bond acceptors (Lipinski definition) is 5. The lowest BCUT2D eigenvalue weighted by atomic mass is 9.97. The number of rotatable bonds is 7. The van der Waals surface area contributed by atoms with Gasteiger partial charge in [0.2, 0.25) is 5.76 Å². The number of nitrogens with zero attached hydrogens (tertiary/aromatic N) is 1. The predicted molar refractivity (Wildman–Crippen MR) is 134 cm³/mol. The van der Waals surface area contributed by atoms with Crippen LogP contribution >= 0.6 is 0 Å². The van der Waals surface area contributed by atoms with E-state index in [0.717, 1.165) is 16.7 Å². The van der Waals surface area contributed by atoms with Crippen LogP contribution in [0, 0.1) is 6.92 Å². The molecule has 6 heteroatoms. The Balaban J connectivity index is 1.72. The van der Waals surface area contributed by atoms with Crippen molar-refractivity contribution in [2.75, 3.05) is 13.2 Å². The molecule has 0 aliphatic carbocycles. The molecular weight excluding hydrogens is 442 g/mol. The molecule has 1 aromatic heterocycles. The standard InChI is InChI=1S/C29H27NO5/c1-4-33-23-14-12-20(16-24(23)34-5-2)26-25-27(31)21-15-18(3)11-13-22(21)35-28(25)29(32)30(26)17-19-9-7-6-8-10-19/h6-16,26H,4-5,17H2,1-3H3. The summed E-state index contributed by atoms with van der Waals surface area (Å²) in [6.07, 6.45) is 0. The SMILES string of the molecule is CCOc1ccc(C2c3c(oc4ccc(C)cc4c3=O)C(=O)N2Cc2ccccc2)cc1OCC. The lowest BCUT2D eigenvalue weighted by Gasteiger charge is -2.26. The van der Waals surface area contributed by atoms with E-state index in [0.29, 0.717) is 47.8 Å². The lowest BCUT2D eigenvalue weighted by Crippen LogP contribution is -2.29. The predicted octanol–water partition coefficient (Wildman–Crippen LogP) is 5.64. The number of fused-ring (bicyclic) bond motifs is 2. The lowest BCUT2D eigenvalue weighted by molar-refractivity contribution is 0.0714. The molecule has 4 aromatic rings. The summed E-state index contributed by atoms with van der Waals surface area (Å²) in [6.45, 7) is 7.04. The van der Waals surface area contributed by atoms with Gasteiger partial charge in [-0.25, -0.2) is 0 Å². The fourth-order valence-corrected chi connectivity index (χ4v) is 4.66. The van der Waals surface area contributed by atoms with E-state index in [2.05, 4.69) is 0 Å². The van der Waals surface area contributed by atoms with E-state index in [4.69, 9.17) is 13.9 Å². The Morgan fingerprint density at radius 3 is 2.37 bits per heavy atom. The summed E-state index contributed by atoms with van der Waals surface area (Å²) in [5, 5.41) is 0.471. The number of amides is 1. The third kappa shape index (κ3) is 4.05. The number of carbonyl (C=O) groups excluding carboxylic acids is 1. The molecule has 0 saturated carbocycles. The Hall–Kier alpha value is -4.06. The molecule has 0 fully saturated rings. The Kier molecular flexibility index (Phi) is 6.03. The van der Waals surface area contributed by atoms with Crippen molar-refractivity contribution in [3.8, 4) is 11.5 Å². The van der Waals surface area contributed by atoms with Gasteiger partial charge in [0, 0.05) is 6.54 Å². The van der Waals surface area contributed by atoms with Crippen LogP contribution in [0.2, 0.25) is 0 Å². The second kappa shape index (κ2) is 9.29. The molecule has 1 aliphatic rings. The number of aryl methyl sites for hydroxylation is 1. The maximum Gasteiger partial charge on any atom is 0.291 e. The first-order chi connectivity index (χ1) is 17.0. The molecule has 1 atom stereocenters. The van der Waals surface area contributed by atoms with Crippen molar-refractivity contribution in [2.45, 2.75) is 33.4 Å². The van der Waals surface area contributed by atoms with Crippen LogP contribution in [0.25, 0.3) is 11.0 Å². The van der Waals surface area contributed by atoms with Gasteiger partial charge in [0.15, 0.2) is 16.9 Å². The molecule has 178 valence electrons. The first-order valence-electron chi connectivity index (χ1n) is 11.8. The quantitative estimate of drug-likeness (QED) is 0.350. The topological polar surface area (TPSA) is 69.0 Å². The van der Waals surface area contributed by atoms with E-state index in [-0.39, 0.29) is 17.1 Å². The van der Waals surface area contributed by atoms with Crippen LogP contribution < -0.4 is 14.9 Å². The zero-order chi connectivity index (χ0) is 24.5. The highest BCUT2D eigenvalue weighted by Gasteiger charge is 2.43. The Bertz CT molecular complexity index is 1460. The minimum atomic E-state index is -0.617. The van der Waals surface area contributed by atoms with Crippen LogP contribution in [0.15, 0.2) is 75.9 Å². The largest absolute Gasteiger partial charge is 0.490 e. The van der Waals surface area contributed by atoms with Gasteiger partial charge in [-0.05, 0) is 56.2 Å². The van der Waals surface area contributed by atoms with E-state index in [1.54, 1.807) is 11.0 Å². The molecule has 1 aliphatic heterocycles. The van der Waals surface area contributed by atoms with Gasteiger partial charge in [-0.1, -0.05) is 48.0 Å². The number of benzene rings is 3. The fourth-order valence-electron chi connectivity index (χ4n) is 4.66. The van der Waals surface area contributed by atoms with Crippen molar-refractivity contribution in [1.82, 2.24) is 4.90 Å². The Labute approximate surface area is 203 Å². The number of ether oxygens (including phenoxy) is 2. The van der Waals surface area contributed by atoms with E-state index in [1.165, 1.54) is 0 Å². The Morgan fingerprint density at radius 1 is 0.886 bits per heavy atom. The van der Waals surface area contributed by atoms with Crippen LogP contribution in [-0.4, -0.2) is 24.0 Å². The molecule has 35 heavy (non-hydrogen) atoms. The summed E-state index contributed by atoms with van der Waals surface area (Å²) in [6, 6.07) is 20.1. The van der Waals surface area contributed by atoms with Gasteiger partial charge < -0.3 is 18.8 Å². The van der Waals surface area contributed by atoms with E-state index >= 15 is 0 Å². The normalized spacial score (nSPS) is 14.9. The zero-order valence-electron chi connectivity index (χ0n) is 20.0. The molecule has 0 saturated heterocycles. The van der Waals surface area contributed by atoms with Crippen LogP contribution in [0.4, 0.5) is 0 Å². The van der Waals surface area contributed by atoms with E-state index in [9.17, 15) is 9.59 Å². The molecule has 0 spiro atoms. The van der Waals surface area contributed by atoms with Crippen molar-refractivity contribution in [2.24, 2.45) is 0 Å². The molecule has 3 aromatic carbocycles. The first kappa shape index (κ1) is 22.7. The minimum Gasteiger partial charge on any atom is -0.490 e. The van der Waals surface area contributed by atoms with Crippen molar-refractivity contribution in [3.63, 3.8) is 0 Å². The van der Waals surface area contributed by atoms with E-state index in [1.807, 2.05) is 81.4 Å². The van der Waals surface area contributed by atoms with Crippen LogP contribution in [-0.2, 0) is 6.54 Å². The molecule has 0 radical (unpaired) electrons. The van der Waals surface area contributed by atoms with Gasteiger partial charge in [-0.15, -0.1) is 0 Å². The van der Waals surface area contributed by atoms with Crippen LogP contribution in [0.3, 0.4) is 0 Å². The average molecular weight is 470 g/mol. The monoisotopic (exact) mass is 469 g/mol.